The molecule has 2 rings (SSSR count). The largest absolute Gasteiger partial charge is 0.329 e. The highest BCUT2D eigenvalue weighted by atomic mass is 32.2. The zero-order valence-corrected chi connectivity index (χ0v) is 11.1. The van der Waals surface area contributed by atoms with E-state index in [1.54, 1.807) is 11.1 Å². The molecule has 1 aliphatic rings. The van der Waals surface area contributed by atoms with E-state index < -0.39 is 0 Å². The number of benzene rings is 1. The molecule has 0 spiro atoms. The molecule has 2 N–H and O–H groups in total. The van der Waals surface area contributed by atoms with Gasteiger partial charge in [0.15, 0.2) is 0 Å². The van der Waals surface area contributed by atoms with E-state index in [0.717, 1.165) is 6.54 Å². The first-order valence-corrected chi connectivity index (χ1v) is 6.93. The van der Waals surface area contributed by atoms with Crippen LogP contribution in [0.4, 0.5) is 0 Å². The van der Waals surface area contributed by atoms with Crippen molar-refractivity contribution >= 4 is 11.8 Å². The lowest BCUT2D eigenvalue weighted by atomic mass is 9.92. The SMILES string of the molecule is CC(C)(CN)Sc1ccc2c(c1)CCCC2. The van der Waals surface area contributed by atoms with Gasteiger partial charge in [0.05, 0.1) is 0 Å². The number of hydrogen-bond donors (Lipinski definition) is 1. The van der Waals surface area contributed by atoms with Gasteiger partial charge in [0.25, 0.3) is 0 Å². The maximum absolute atomic E-state index is 5.77. The van der Waals surface area contributed by atoms with E-state index in [-0.39, 0.29) is 4.75 Å². The second-order valence-electron chi connectivity index (χ2n) is 5.20. The fourth-order valence-corrected chi connectivity index (χ4v) is 3.19. The molecule has 1 aliphatic carbocycles. The maximum atomic E-state index is 5.77. The van der Waals surface area contributed by atoms with Crippen LogP contribution in [0.15, 0.2) is 23.1 Å². The Morgan fingerprint density at radius 1 is 1.19 bits per heavy atom. The average Bonchev–Trinajstić information content (AvgIpc) is 2.28. The molecule has 1 aromatic carbocycles. The van der Waals surface area contributed by atoms with Crippen molar-refractivity contribution in [2.45, 2.75) is 49.2 Å². The molecule has 1 aromatic rings. The van der Waals surface area contributed by atoms with Crippen molar-refractivity contribution in [1.82, 2.24) is 0 Å². The van der Waals surface area contributed by atoms with Crippen molar-refractivity contribution in [3.63, 3.8) is 0 Å². The smallest absolute Gasteiger partial charge is 0.0273 e. The van der Waals surface area contributed by atoms with Gasteiger partial charge < -0.3 is 5.73 Å². The minimum absolute atomic E-state index is 0.142. The molecule has 88 valence electrons. The Morgan fingerprint density at radius 2 is 1.88 bits per heavy atom. The van der Waals surface area contributed by atoms with Crippen LogP contribution in [-0.2, 0) is 12.8 Å². The summed E-state index contributed by atoms with van der Waals surface area (Å²) in [5.41, 5.74) is 8.89. The van der Waals surface area contributed by atoms with Crippen LogP contribution in [0.2, 0.25) is 0 Å². The van der Waals surface area contributed by atoms with Gasteiger partial charge >= 0.3 is 0 Å². The molecule has 0 aliphatic heterocycles. The number of rotatable bonds is 3. The Balaban J connectivity index is 2.17. The zero-order valence-electron chi connectivity index (χ0n) is 10.3. The van der Waals surface area contributed by atoms with Crippen LogP contribution in [0.5, 0.6) is 0 Å². The lowest BCUT2D eigenvalue weighted by Crippen LogP contribution is -2.26. The number of nitrogens with two attached hydrogens (primary N) is 1. The Hall–Kier alpha value is -0.470. The number of aryl methyl sites for hydroxylation is 2. The molecule has 0 amide bonds. The molecule has 0 saturated carbocycles. The predicted octanol–water partition coefficient (Wildman–Crippen LogP) is 3.39. The van der Waals surface area contributed by atoms with Crippen molar-refractivity contribution in [1.29, 1.82) is 0 Å². The fraction of sp³-hybridized carbons (Fsp3) is 0.571. The maximum Gasteiger partial charge on any atom is 0.0273 e. The van der Waals surface area contributed by atoms with Gasteiger partial charge in [0.1, 0.15) is 0 Å². The fourth-order valence-electron chi connectivity index (χ4n) is 2.13. The number of thioether (sulfide) groups is 1. The normalized spacial score (nSPS) is 15.9. The Kier molecular flexibility index (Phi) is 3.60. The van der Waals surface area contributed by atoms with Gasteiger partial charge in [-0.3, -0.25) is 0 Å². The minimum atomic E-state index is 0.142. The Labute approximate surface area is 103 Å². The number of fused-ring (bicyclic) bond motifs is 1. The van der Waals surface area contributed by atoms with Crippen LogP contribution in [-0.4, -0.2) is 11.3 Å². The Bertz CT molecular complexity index is 371. The summed E-state index contributed by atoms with van der Waals surface area (Å²) in [4.78, 5) is 1.37. The molecule has 0 bridgehead atoms. The van der Waals surface area contributed by atoms with E-state index >= 15 is 0 Å². The summed E-state index contributed by atoms with van der Waals surface area (Å²) in [7, 11) is 0. The van der Waals surface area contributed by atoms with Crippen molar-refractivity contribution in [3.8, 4) is 0 Å². The van der Waals surface area contributed by atoms with Crippen LogP contribution in [0, 0.1) is 0 Å². The lowest BCUT2D eigenvalue weighted by molar-refractivity contribution is 0.683. The molecule has 0 aromatic heterocycles. The van der Waals surface area contributed by atoms with Gasteiger partial charge in [0.2, 0.25) is 0 Å². The second-order valence-corrected chi connectivity index (χ2v) is 6.98. The van der Waals surface area contributed by atoms with Crippen molar-refractivity contribution in [3.05, 3.63) is 29.3 Å². The van der Waals surface area contributed by atoms with E-state index in [2.05, 4.69) is 32.0 Å². The molecule has 0 fully saturated rings. The van der Waals surface area contributed by atoms with Gasteiger partial charge in [-0.1, -0.05) is 6.07 Å². The van der Waals surface area contributed by atoms with Crippen LogP contribution in [0.25, 0.3) is 0 Å². The summed E-state index contributed by atoms with van der Waals surface area (Å²) in [6.07, 6.45) is 5.22. The van der Waals surface area contributed by atoms with Gasteiger partial charge in [-0.25, -0.2) is 0 Å². The van der Waals surface area contributed by atoms with Crippen LogP contribution >= 0.6 is 11.8 Å². The first kappa shape index (κ1) is 12.0. The van der Waals surface area contributed by atoms with E-state index in [1.165, 1.54) is 30.6 Å². The van der Waals surface area contributed by atoms with Gasteiger partial charge in [-0.05, 0) is 62.8 Å². The molecule has 0 saturated heterocycles. The highest BCUT2D eigenvalue weighted by Gasteiger charge is 2.18. The van der Waals surface area contributed by atoms with Gasteiger partial charge in [0, 0.05) is 16.2 Å². The molecule has 2 heteroatoms. The molecule has 0 atom stereocenters. The monoisotopic (exact) mass is 235 g/mol. The topological polar surface area (TPSA) is 26.0 Å². The standard InChI is InChI=1S/C14H21NS/c1-14(2,10-15)16-13-8-7-11-5-3-4-6-12(11)9-13/h7-9H,3-6,10,15H2,1-2H3. The zero-order chi connectivity index (χ0) is 11.6. The first-order valence-electron chi connectivity index (χ1n) is 6.12. The third-order valence-corrected chi connectivity index (χ3v) is 4.41. The van der Waals surface area contributed by atoms with Crippen LogP contribution in [0.1, 0.15) is 37.8 Å². The van der Waals surface area contributed by atoms with E-state index in [9.17, 15) is 0 Å². The van der Waals surface area contributed by atoms with Crippen LogP contribution in [0.3, 0.4) is 0 Å². The summed E-state index contributed by atoms with van der Waals surface area (Å²) < 4.78 is 0.142. The van der Waals surface area contributed by atoms with Gasteiger partial charge in [-0.15, -0.1) is 11.8 Å². The predicted molar refractivity (Wildman–Crippen MR) is 72.1 cm³/mol. The van der Waals surface area contributed by atoms with E-state index in [0.29, 0.717) is 0 Å². The first-order chi connectivity index (χ1) is 7.61. The van der Waals surface area contributed by atoms with Crippen molar-refractivity contribution in [2.75, 3.05) is 6.54 Å². The third-order valence-electron chi connectivity index (χ3n) is 3.21. The van der Waals surface area contributed by atoms with E-state index in [4.69, 9.17) is 5.73 Å². The molecule has 16 heavy (non-hydrogen) atoms. The lowest BCUT2D eigenvalue weighted by Gasteiger charge is -2.23. The number of hydrogen-bond acceptors (Lipinski definition) is 2. The molecule has 0 heterocycles. The summed E-state index contributed by atoms with van der Waals surface area (Å²) in [6, 6.07) is 6.94. The molecule has 0 radical (unpaired) electrons. The average molecular weight is 235 g/mol. The molecular weight excluding hydrogens is 214 g/mol. The summed E-state index contributed by atoms with van der Waals surface area (Å²) in [5.74, 6) is 0. The Morgan fingerprint density at radius 3 is 2.56 bits per heavy atom. The van der Waals surface area contributed by atoms with Crippen LogP contribution < -0.4 is 5.73 Å². The summed E-state index contributed by atoms with van der Waals surface area (Å²) in [5, 5.41) is 0. The molecule has 1 nitrogen and oxygen atoms in total. The quantitative estimate of drug-likeness (QED) is 0.813. The van der Waals surface area contributed by atoms with Crippen molar-refractivity contribution < 1.29 is 0 Å². The molecular formula is C14H21NS. The highest BCUT2D eigenvalue weighted by Crippen LogP contribution is 2.34. The highest BCUT2D eigenvalue weighted by molar-refractivity contribution is 8.00. The van der Waals surface area contributed by atoms with Crippen molar-refractivity contribution in [2.24, 2.45) is 5.73 Å². The summed E-state index contributed by atoms with van der Waals surface area (Å²) in [6.45, 7) is 5.13. The summed E-state index contributed by atoms with van der Waals surface area (Å²) >= 11 is 1.89. The third kappa shape index (κ3) is 2.80. The minimum Gasteiger partial charge on any atom is -0.329 e. The van der Waals surface area contributed by atoms with E-state index in [1.807, 2.05) is 11.8 Å². The van der Waals surface area contributed by atoms with Gasteiger partial charge in [-0.2, -0.15) is 0 Å². The molecule has 0 unspecified atom stereocenters. The second kappa shape index (κ2) is 4.80.